The van der Waals surface area contributed by atoms with Crippen LogP contribution in [0.4, 0.5) is 8.78 Å². The van der Waals surface area contributed by atoms with Crippen LogP contribution >= 0.6 is 0 Å². The molecular formula is C15H18F2N2O4. The molecule has 2 rings (SSSR count). The largest absolute Gasteiger partial charge is 0.481 e. The van der Waals surface area contributed by atoms with Gasteiger partial charge in [-0.3, -0.25) is 9.59 Å². The number of nitrogens with one attached hydrogen (secondary N) is 1. The molecule has 8 heteroatoms. The second-order valence-corrected chi connectivity index (χ2v) is 5.40. The summed E-state index contributed by atoms with van der Waals surface area (Å²) >= 11 is 0. The molecule has 1 aromatic carbocycles. The second kappa shape index (κ2) is 7.36. The Morgan fingerprint density at radius 1 is 1.30 bits per heavy atom. The maximum absolute atomic E-state index is 13.4. The first-order chi connectivity index (χ1) is 10.9. The van der Waals surface area contributed by atoms with E-state index in [1.807, 2.05) is 0 Å². The van der Waals surface area contributed by atoms with Crippen molar-refractivity contribution in [3.05, 3.63) is 29.8 Å². The van der Waals surface area contributed by atoms with E-state index in [9.17, 15) is 18.4 Å². The Morgan fingerprint density at radius 3 is 2.61 bits per heavy atom. The lowest BCUT2D eigenvalue weighted by molar-refractivity contribution is -0.134. The molecule has 1 heterocycles. The van der Waals surface area contributed by atoms with Crippen LogP contribution in [0.1, 0.15) is 12.8 Å². The van der Waals surface area contributed by atoms with Gasteiger partial charge < -0.3 is 20.5 Å². The molecule has 0 aromatic heterocycles. The van der Waals surface area contributed by atoms with Gasteiger partial charge in [0.25, 0.3) is 5.91 Å². The summed E-state index contributed by atoms with van der Waals surface area (Å²) in [6.07, 6.45) is 0.853. The standard InChI is InChI=1S/C15H18F2N2O4/c16-10-1-2-12(11(17)7-10)23-8-13(20)19-9-15(14(18)21)3-5-22-6-4-15/h1-2,7H,3-6,8-9H2,(H2,18,21)(H,19,20). The Labute approximate surface area is 131 Å². The van der Waals surface area contributed by atoms with Crippen LogP contribution in [0, 0.1) is 17.0 Å². The number of carbonyl (C=O) groups excluding carboxylic acids is 2. The fourth-order valence-electron chi connectivity index (χ4n) is 2.33. The van der Waals surface area contributed by atoms with Crippen LogP contribution in [0.15, 0.2) is 18.2 Å². The Balaban J connectivity index is 1.85. The molecular weight excluding hydrogens is 310 g/mol. The summed E-state index contributed by atoms with van der Waals surface area (Å²) in [6, 6.07) is 2.79. The SMILES string of the molecule is NC(=O)C1(CNC(=O)COc2ccc(F)cc2F)CCOCC1. The highest BCUT2D eigenvalue weighted by Gasteiger charge is 2.38. The van der Waals surface area contributed by atoms with Gasteiger partial charge in [0.05, 0.1) is 5.41 Å². The fourth-order valence-corrected chi connectivity index (χ4v) is 2.33. The van der Waals surface area contributed by atoms with Crippen molar-refractivity contribution in [1.29, 1.82) is 0 Å². The van der Waals surface area contributed by atoms with Gasteiger partial charge in [-0.25, -0.2) is 8.78 Å². The molecule has 1 fully saturated rings. The predicted octanol–water partition coefficient (Wildman–Crippen LogP) is 0.742. The van der Waals surface area contributed by atoms with Gasteiger partial charge in [-0.1, -0.05) is 0 Å². The summed E-state index contributed by atoms with van der Waals surface area (Å²) in [5.74, 6) is -2.87. The highest BCUT2D eigenvalue weighted by Crippen LogP contribution is 2.29. The van der Waals surface area contributed by atoms with E-state index < -0.39 is 35.5 Å². The quantitative estimate of drug-likeness (QED) is 0.806. The number of benzene rings is 1. The van der Waals surface area contributed by atoms with Crippen molar-refractivity contribution in [2.24, 2.45) is 11.1 Å². The molecule has 3 N–H and O–H groups in total. The van der Waals surface area contributed by atoms with Gasteiger partial charge in [0.1, 0.15) is 5.82 Å². The van der Waals surface area contributed by atoms with Crippen molar-refractivity contribution < 1.29 is 27.8 Å². The molecule has 0 unspecified atom stereocenters. The summed E-state index contributed by atoms with van der Waals surface area (Å²) < 4.78 is 36.3. The summed E-state index contributed by atoms with van der Waals surface area (Å²) in [5, 5.41) is 2.56. The lowest BCUT2D eigenvalue weighted by Crippen LogP contribution is -2.50. The molecule has 0 radical (unpaired) electrons. The Bertz CT molecular complexity index is 589. The number of ether oxygens (including phenoxy) is 2. The van der Waals surface area contributed by atoms with Crippen LogP contribution in [0.5, 0.6) is 5.75 Å². The topological polar surface area (TPSA) is 90.7 Å². The van der Waals surface area contributed by atoms with E-state index in [-0.39, 0.29) is 12.3 Å². The fraction of sp³-hybridized carbons (Fsp3) is 0.467. The highest BCUT2D eigenvalue weighted by molar-refractivity contribution is 5.83. The van der Waals surface area contributed by atoms with Gasteiger partial charge in [-0.2, -0.15) is 0 Å². The van der Waals surface area contributed by atoms with E-state index in [2.05, 4.69) is 5.32 Å². The molecule has 0 spiro atoms. The van der Waals surface area contributed by atoms with Crippen LogP contribution in [-0.2, 0) is 14.3 Å². The van der Waals surface area contributed by atoms with Gasteiger partial charge in [-0.05, 0) is 25.0 Å². The van der Waals surface area contributed by atoms with E-state index >= 15 is 0 Å². The number of hydrogen-bond acceptors (Lipinski definition) is 4. The molecule has 0 atom stereocenters. The van der Waals surface area contributed by atoms with E-state index in [1.165, 1.54) is 0 Å². The maximum atomic E-state index is 13.4. The second-order valence-electron chi connectivity index (χ2n) is 5.40. The molecule has 0 bridgehead atoms. The number of hydrogen-bond donors (Lipinski definition) is 2. The molecule has 0 aliphatic carbocycles. The van der Waals surface area contributed by atoms with Crippen LogP contribution in [0.25, 0.3) is 0 Å². The van der Waals surface area contributed by atoms with Crippen molar-refractivity contribution in [2.75, 3.05) is 26.4 Å². The monoisotopic (exact) mass is 328 g/mol. The minimum atomic E-state index is -0.893. The van der Waals surface area contributed by atoms with Gasteiger partial charge >= 0.3 is 0 Å². The first-order valence-electron chi connectivity index (χ1n) is 7.15. The molecule has 1 aliphatic heterocycles. The van der Waals surface area contributed by atoms with Crippen molar-refractivity contribution in [2.45, 2.75) is 12.8 Å². The lowest BCUT2D eigenvalue weighted by atomic mass is 9.79. The zero-order chi connectivity index (χ0) is 16.9. The third-order valence-corrected chi connectivity index (χ3v) is 3.85. The molecule has 1 saturated heterocycles. The number of primary amides is 1. The molecule has 23 heavy (non-hydrogen) atoms. The van der Waals surface area contributed by atoms with Gasteiger partial charge in [0.2, 0.25) is 5.91 Å². The van der Waals surface area contributed by atoms with Crippen molar-refractivity contribution in [1.82, 2.24) is 5.32 Å². The normalized spacial score (nSPS) is 16.6. The zero-order valence-corrected chi connectivity index (χ0v) is 12.4. The molecule has 126 valence electrons. The van der Waals surface area contributed by atoms with E-state index in [4.69, 9.17) is 15.2 Å². The van der Waals surface area contributed by atoms with Gasteiger partial charge in [0.15, 0.2) is 18.2 Å². The molecule has 6 nitrogen and oxygen atoms in total. The summed E-state index contributed by atoms with van der Waals surface area (Å²) in [5.41, 5.74) is 4.59. The van der Waals surface area contributed by atoms with E-state index in [0.717, 1.165) is 12.1 Å². The van der Waals surface area contributed by atoms with Crippen molar-refractivity contribution in [3.63, 3.8) is 0 Å². The van der Waals surface area contributed by atoms with Crippen LogP contribution < -0.4 is 15.8 Å². The highest BCUT2D eigenvalue weighted by atomic mass is 19.1. The number of amides is 2. The number of carbonyl (C=O) groups is 2. The first kappa shape index (κ1) is 17.1. The zero-order valence-electron chi connectivity index (χ0n) is 12.4. The van der Waals surface area contributed by atoms with Crippen molar-refractivity contribution in [3.8, 4) is 5.75 Å². The van der Waals surface area contributed by atoms with E-state index in [0.29, 0.717) is 32.1 Å². The third kappa shape index (κ3) is 4.38. The number of nitrogens with two attached hydrogens (primary N) is 1. The average Bonchev–Trinajstić information content (AvgIpc) is 2.53. The Kier molecular flexibility index (Phi) is 5.49. The average molecular weight is 328 g/mol. The van der Waals surface area contributed by atoms with Crippen LogP contribution in [-0.4, -0.2) is 38.2 Å². The number of halogens is 2. The Hall–Kier alpha value is -2.22. The summed E-state index contributed by atoms with van der Waals surface area (Å²) in [6.45, 7) is 0.417. The third-order valence-electron chi connectivity index (χ3n) is 3.85. The van der Waals surface area contributed by atoms with Crippen LogP contribution in [0.2, 0.25) is 0 Å². The van der Waals surface area contributed by atoms with Gasteiger partial charge in [-0.15, -0.1) is 0 Å². The summed E-state index contributed by atoms with van der Waals surface area (Å²) in [4.78, 5) is 23.4. The smallest absolute Gasteiger partial charge is 0.257 e. The molecule has 0 saturated carbocycles. The van der Waals surface area contributed by atoms with Crippen LogP contribution in [0.3, 0.4) is 0 Å². The Morgan fingerprint density at radius 2 is 2.00 bits per heavy atom. The minimum Gasteiger partial charge on any atom is -0.481 e. The summed E-state index contributed by atoms with van der Waals surface area (Å²) in [7, 11) is 0. The minimum absolute atomic E-state index is 0.0692. The molecule has 1 aliphatic rings. The molecule has 2 amide bonds. The van der Waals surface area contributed by atoms with Gasteiger partial charge in [0, 0.05) is 25.8 Å². The maximum Gasteiger partial charge on any atom is 0.257 e. The van der Waals surface area contributed by atoms with E-state index in [1.54, 1.807) is 0 Å². The first-order valence-corrected chi connectivity index (χ1v) is 7.15. The predicted molar refractivity (Wildman–Crippen MR) is 76.5 cm³/mol. The number of rotatable bonds is 6. The molecule has 1 aromatic rings. The lowest BCUT2D eigenvalue weighted by Gasteiger charge is -2.34. The van der Waals surface area contributed by atoms with Crippen molar-refractivity contribution >= 4 is 11.8 Å².